The summed E-state index contributed by atoms with van der Waals surface area (Å²) < 4.78 is 24.1. The van der Waals surface area contributed by atoms with Crippen molar-refractivity contribution in [1.29, 1.82) is 5.26 Å². The lowest BCUT2D eigenvalue weighted by Gasteiger charge is -2.24. The minimum absolute atomic E-state index is 0.0281. The number of hydrogen-bond acceptors (Lipinski definition) is 10. The molecule has 2 unspecified atom stereocenters. The van der Waals surface area contributed by atoms with Crippen LogP contribution in [0, 0.1) is 11.3 Å². The minimum Gasteiger partial charge on any atom is -0.461 e. The summed E-state index contributed by atoms with van der Waals surface area (Å²) in [6.45, 7) is 2.88. The van der Waals surface area contributed by atoms with Gasteiger partial charge in [-0.1, -0.05) is 53.8 Å². The van der Waals surface area contributed by atoms with Gasteiger partial charge >= 0.3 is 11.9 Å². The highest BCUT2D eigenvalue weighted by Crippen LogP contribution is 2.35. The fourth-order valence-electron chi connectivity index (χ4n) is 4.44. The van der Waals surface area contributed by atoms with E-state index in [1.807, 2.05) is 36.4 Å². The molecular formula is C30H25N3O7S. The Kier molecular flexibility index (Phi) is 8.12. The predicted molar refractivity (Wildman–Crippen MR) is 148 cm³/mol. The molecular weight excluding hydrogens is 546 g/mol. The quantitative estimate of drug-likeness (QED) is 0.229. The van der Waals surface area contributed by atoms with Crippen molar-refractivity contribution in [3.05, 3.63) is 109 Å². The summed E-state index contributed by atoms with van der Waals surface area (Å²) in [7, 11) is 0. The molecule has 3 heterocycles. The van der Waals surface area contributed by atoms with E-state index in [1.54, 1.807) is 37.3 Å². The zero-order valence-corrected chi connectivity index (χ0v) is 23.1. The molecule has 2 aliphatic rings. The Balaban J connectivity index is 1.51. The SMILES string of the molecule is CC(=O)Oc1ccc(C=c2sc3n(c2=O)C(C2=COC(Cc4ccccc4)O2)C(C(=O)OCCC#N)=C(C)N=3)cc1. The van der Waals surface area contributed by atoms with Crippen LogP contribution in [0.4, 0.5) is 0 Å². The van der Waals surface area contributed by atoms with Gasteiger partial charge in [0.1, 0.15) is 24.7 Å². The van der Waals surface area contributed by atoms with Gasteiger partial charge in [0.2, 0.25) is 6.29 Å². The molecule has 0 saturated carbocycles. The highest BCUT2D eigenvalue weighted by Gasteiger charge is 2.39. The van der Waals surface area contributed by atoms with E-state index >= 15 is 0 Å². The first-order valence-corrected chi connectivity index (χ1v) is 13.6. The minimum atomic E-state index is -0.977. The Hall–Kier alpha value is -4.95. The summed E-state index contributed by atoms with van der Waals surface area (Å²) in [5, 5.41) is 8.87. The Morgan fingerprint density at radius 3 is 2.63 bits per heavy atom. The number of esters is 2. The molecule has 208 valence electrons. The number of ether oxygens (including phenoxy) is 4. The van der Waals surface area contributed by atoms with Crippen LogP contribution in [0.15, 0.2) is 87.7 Å². The van der Waals surface area contributed by atoms with Gasteiger partial charge in [-0.3, -0.25) is 14.2 Å². The highest BCUT2D eigenvalue weighted by molar-refractivity contribution is 7.07. The molecule has 1 aromatic heterocycles. The zero-order valence-electron chi connectivity index (χ0n) is 22.2. The van der Waals surface area contributed by atoms with E-state index in [9.17, 15) is 14.4 Å². The molecule has 0 amide bonds. The normalized spacial score (nSPS) is 17.9. The maximum absolute atomic E-state index is 13.8. The molecule has 0 N–H and O–H groups in total. The van der Waals surface area contributed by atoms with Crippen molar-refractivity contribution in [3.63, 3.8) is 0 Å². The van der Waals surface area contributed by atoms with Gasteiger partial charge in [-0.15, -0.1) is 0 Å². The van der Waals surface area contributed by atoms with Gasteiger partial charge in [0.15, 0.2) is 10.6 Å². The monoisotopic (exact) mass is 571 g/mol. The van der Waals surface area contributed by atoms with Crippen LogP contribution in [-0.4, -0.2) is 29.4 Å². The van der Waals surface area contributed by atoms with Crippen LogP contribution < -0.4 is 19.6 Å². The molecule has 5 rings (SSSR count). The zero-order chi connectivity index (χ0) is 28.9. The predicted octanol–water partition coefficient (Wildman–Crippen LogP) is 3.03. The Bertz CT molecular complexity index is 1760. The van der Waals surface area contributed by atoms with E-state index in [2.05, 4.69) is 4.99 Å². The molecule has 2 aliphatic heterocycles. The summed E-state index contributed by atoms with van der Waals surface area (Å²) in [4.78, 5) is 43.1. The summed E-state index contributed by atoms with van der Waals surface area (Å²) in [5.74, 6) is -0.466. The van der Waals surface area contributed by atoms with Crippen LogP contribution in [0.25, 0.3) is 6.08 Å². The number of carbonyl (C=O) groups is 2. The van der Waals surface area contributed by atoms with Gasteiger partial charge in [-0.25, -0.2) is 9.79 Å². The van der Waals surface area contributed by atoms with Crippen LogP contribution in [-0.2, 0) is 30.2 Å². The molecule has 10 nitrogen and oxygen atoms in total. The average molecular weight is 572 g/mol. The van der Waals surface area contributed by atoms with Crippen LogP contribution in [0.3, 0.4) is 0 Å². The number of hydrogen-bond donors (Lipinski definition) is 0. The summed E-state index contributed by atoms with van der Waals surface area (Å²) in [6.07, 6.45) is 2.95. The second-order valence-electron chi connectivity index (χ2n) is 9.18. The van der Waals surface area contributed by atoms with Gasteiger partial charge in [-0.05, 0) is 36.3 Å². The van der Waals surface area contributed by atoms with Gasteiger partial charge in [0, 0.05) is 13.3 Å². The molecule has 0 aliphatic carbocycles. The second kappa shape index (κ2) is 12.1. The Labute approximate surface area is 238 Å². The molecule has 41 heavy (non-hydrogen) atoms. The number of nitrogens with zero attached hydrogens (tertiary/aromatic N) is 3. The first-order chi connectivity index (χ1) is 19.8. The van der Waals surface area contributed by atoms with Gasteiger partial charge in [0.05, 0.1) is 28.3 Å². The van der Waals surface area contributed by atoms with Crippen molar-refractivity contribution in [3.8, 4) is 11.8 Å². The number of rotatable bonds is 8. The summed E-state index contributed by atoms with van der Waals surface area (Å²) >= 11 is 1.17. The molecule has 0 radical (unpaired) electrons. The number of thiazole rings is 1. The molecule has 11 heteroatoms. The van der Waals surface area contributed by atoms with Gasteiger partial charge in [0.25, 0.3) is 5.56 Å². The maximum Gasteiger partial charge on any atom is 0.338 e. The molecule has 3 aromatic rings. The van der Waals surface area contributed by atoms with E-state index in [-0.39, 0.29) is 29.9 Å². The number of nitriles is 1. The molecule has 0 saturated heterocycles. The average Bonchev–Trinajstić information content (AvgIpc) is 3.53. The van der Waals surface area contributed by atoms with Crippen molar-refractivity contribution >= 4 is 29.4 Å². The Morgan fingerprint density at radius 2 is 1.93 bits per heavy atom. The molecule has 0 fully saturated rings. The summed E-state index contributed by atoms with van der Waals surface area (Å²) in [5.41, 5.74) is 1.82. The fourth-order valence-corrected chi connectivity index (χ4v) is 5.49. The van der Waals surface area contributed by atoms with Crippen LogP contribution in [0.5, 0.6) is 5.75 Å². The molecule has 2 atom stereocenters. The van der Waals surface area contributed by atoms with E-state index < -0.39 is 24.3 Å². The van der Waals surface area contributed by atoms with Crippen molar-refractivity contribution in [2.75, 3.05) is 6.61 Å². The maximum atomic E-state index is 13.8. The number of aromatic nitrogens is 1. The van der Waals surface area contributed by atoms with E-state index in [1.165, 1.54) is 29.1 Å². The fraction of sp³-hybridized carbons (Fsp3) is 0.233. The van der Waals surface area contributed by atoms with E-state index in [0.29, 0.717) is 32.8 Å². The first-order valence-electron chi connectivity index (χ1n) is 12.7. The molecule has 0 bridgehead atoms. The van der Waals surface area contributed by atoms with E-state index in [4.69, 9.17) is 24.2 Å². The van der Waals surface area contributed by atoms with Crippen LogP contribution in [0.2, 0.25) is 0 Å². The van der Waals surface area contributed by atoms with Crippen molar-refractivity contribution < 1.29 is 28.5 Å². The standard InChI is InChI=1S/C30H25N3O7S/c1-18-26(29(36)37-14-6-13-31)27(23-17-38-25(40-23)16-20-7-4-3-5-8-20)33-28(35)24(41-30(33)32-18)15-21-9-11-22(12-10-21)39-19(2)34/h3-5,7-12,15,17,25,27H,6,14,16H2,1-2H3. The third-order valence-corrected chi connectivity index (χ3v) is 7.23. The first kappa shape index (κ1) is 27.6. The largest absolute Gasteiger partial charge is 0.461 e. The van der Waals surface area contributed by atoms with Crippen molar-refractivity contribution in [1.82, 2.24) is 4.57 Å². The molecule has 2 aromatic carbocycles. The lowest BCUT2D eigenvalue weighted by atomic mass is 10.0. The smallest absolute Gasteiger partial charge is 0.338 e. The number of fused-ring (bicyclic) bond motifs is 1. The summed E-state index contributed by atoms with van der Waals surface area (Å²) in [6, 6.07) is 17.3. The second-order valence-corrected chi connectivity index (χ2v) is 10.2. The number of benzene rings is 2. The van der Waals surface area contributed by atoms with Crippen LogP contribution >= 0.6 is 11.3 Å². The molecule has 0 spiro atoms. The van der Waals surface area contributed by atoms with Crippen molar-refractivity contribution in [2.24, 2.45) is 4.99 Å². The lowest BCUT2D eigenvalue weighted by Crippen LogP contribution is -2.40. The number of allylic oxidation sites excluding steroid dienone is 2. The third-order valence-electron chi connectivity index (χ3n) is 6.25. The topological polar surface area (TPSA) is 129 Å². The lowest BCUT2D eigenvalue weighted by molar-refractivity contribution is -0.139. The van der Waals surface area contributed by atoms with Crippen molar-refractivity contribution in [2.45, 2.75) is 39.0 Å². The van der Waals surface area contributed by atoms with Gasteiger partial charge < -0.3 is 18.9 Å². The van der Waals surface area contributed by atoms with E-state index in [0.717, 1.165) is 5.56 Å². The third kappa shape index (κ3) is 6.13. The van der Waals surface area contributed by atoms with Crippen LogP contribution in [0.1, 0.15) is 37.4 Å². The Morgan fingerprint density at radius 1 is 1.17 bits per heavy atom. The van der Waals surface area contributed by atoms with Gasteiger partial charge in [-0.2, -0.15) is 5.26 Å². The number of carbonyl (C=O) groups excluding carboxylic acids is 2. The highest BCUT2D eigenvalue weighted by atomic mass is 32.1.